The summed E-state index contributed by atoms with van der Waals surface area (Å²) in [6, 6.07) is 6.42. The van der Waals surface area contributed by atoms with E-state index in [-0.39, 0.29) is 0 Å². The first kappa shape index (κ1) is 15.2. The number of ether oxygens (including phenoxy) is 2. The van der Waals surface area contributed by atoms with Crippen LogP contribution in [0.4, 0.5) is 0 Å². The van der Waals surface area contributed by atoms with Gasteiger partial charge in [0.2, 0.25) is 0 Å². The van der Waals surface area contributed by atoms with Crippen molar-refractivity contribution in [3.05, 3.63) is 23.8 Å². The second-order valence-electron chi connectivity index (χ2n) is 6.77. The molecule has 2 unspecified atom stereocenters. The molecule has 1 aliphatic rings. The van der Waals surface area contributed by atoms with Crippen LogP contribution in [0.5, 0.6) is 11.5 Å². The Labute approximate surface area is 122 Å². The molecule has 20 heavy (non-hydrogen) atoms. The molecule has 0 saturated carbocycles. The van der Waals surface area contributed by atoms with Crippen LogP contribution in [-0.4, -0.2) is 20.3 Å². The summed E-state index contributed by atoms with van der Waals surface area (Å²) in [5.41, 5.74) is 1.55. The van der Waals surface area contributed by atoms with Gasteiger partial charge in [0.25, 0.3) is 0 Å². The number of hydrogen-bond acceptors (Lipinski definition) is 3. The summed E-state index contributed by atoms with van der Waals surface area (Å²) in [6.07, 6.45) is 1.01. The number of hydrogen-bond donors (Lipinski definition) is 1. The van der Waals surface area contributed by atoms with Crippen LogP contribution in [0, 0.1) is 11.3 Å². The molecule has 0 bridgehead atoms. The van der Waals surface area contributed by atoms with Crippen LogP contribution in [0.25, 0.3) is 0 Å². The lowest BCUT2D eigenvalue weighted by Crippen LogP contribution is -2.34. The molecule has 1 aromatic rings. The Kier molecular flexibility index (Phi) is 4.59. The van der Waals surface area contributed by atoms with Crippen molar-refractivity contribution in [2.45, 2.75) is 40.2 Å². The van der Waals surface area contributed by atoms with Crippen LogP contribution in [0.2, 0.25) is 0 Å². The van der Waals surface area contributed by atoms with Gasteiger partial charge in [0, 0.05) is 18.0 Å². The Morgan fingerprint density at radius 3 is 2.80 bits per heavy atom. The molecule has 1 aromatic carbocycles. The topological polar surface area (TPSA) is 30.5 Å². The standard InChI is InChI=1S/C17H27NO2/c1-12(17(2,3)4)11-18-15-8-9-20-16-7-6-13(19-5)10-14(15)16/h6-7,10,12,15,18H,8-9,11H2,1-5H3. The summed E-state index contributed by atoms with van der Waals surface area (Å²) in [6.45, 7) is 11.0. The molecule has 1 aliphatic heterocycles. The largest absolute Gasteiger partial charge is 0.497 e. The Bertz CT molecular complexity index is 451. The molecule has 0 aromatic heterocycles. The quantitative estimate of drug-likeness (QED) is 0.908. The predicted octanol–water partition coefficient (Wildman–Crippen LogP) is 3.79. The molecular formula is C17H27NO2. The van der Waals surface area contributed by atoms with E-state index in [0.29, 0.717) is 17.4 Å². The first-order chi connectivity index (χ1) is 9.41. The highest BCUT2D eigenvalue weighted by atomic mass is 16.5. The van der Waals surface area contributed by atoms with Gasteiger partial charge in [0.1, 0.15) is 11.5 Å². The predicted molar refractivity (Wildman–Crippen MR) is 82.5 cm³/mol. The lowest BCUT2D eigenvalue weighted by atomic mass is 9.82. The highest BCUT2D eigenvalue weighted by Gasteiger charge is 2.25. The van der Waals surface area contributed by atoms with Crippen LogP contribution in [0.15, 0.2) is 18.2 Å². The Morgan fingerprint density at radius 1 is 1.40 bits per heavy atom. The minimum atomic E-state index is 0.329. The first-order valence-corrected chi connectivity index (χ1v) is 7.46. The number of rotatable bonds is 4. The van der Waals surface area contributed by atoms with Crippen LogP contribution in [-0.2, 0) is 0 Å². The second-order valence-corrected chi connectivity index (χ2v) is 6.77. The molecule has 3 heteroatoms. The average Bonchev–Trinajstić information content (AvgIpc) is 2.43. The molecule has 0 spiro atoms. The maximum absolute atomic E-state index is 5.73. The van der Waals surface area contributed by atoms with E-state index in [1.807, 2.05) is 12.1 Å². The fourth-order valence-electron chi connectivity index (χ4n) is 2.34. The first-order valence-electron chi connectivity index (χ1n) is 7.46. The molecule has 0 saturated heterocycles. The number of methoxy groups -OCH3 is 1. The summed E-state index contributed by atoms with van der Waals surface area (Å²) in [4.78, 5) is 0. The van der Waals surface area contributed by atoms with Crippen molar-refractivity contribution in [3.63, 3.8) is 0 Å². The van der Waals surface area contributed by atoms with Crippen molar-refractivity contribution in [1.82, 2.24) is 5.32 Å². The molecular weight excluding hydrogens is 250 g/mol. The van der Waals surface area contributed by atoms with Gasteiger partial charge in [-0.15, -0.1) is 0 Å². The van der Waals surface area contributed by atoms with E-state index in [0.717, 1.165) is 31.1 Å². The normalized spacial score (nSPS) is 19.9. The fourth-order valence-corrected chi connectivity index (χ4v) is 2.34. The number of benzene rings is 1. The Hall–Kier alpha value is -1.22. The summed E-state index contributed by atoms with van der Waals surface area (Å²) in [5.74, 6) is 2.50. The molecule has 2 atom stereocenters. The summed E-state index contributed by atoms with van der Waals surface area (Å²) in [5, 5.41) is 3.70. The van der Waals surface area contributed by atoms with Gasteiger partial charge in [-0.05, 0) is 36.1 Å². The van der Waals surface area contributed by atoms with E-state index in [1.54, 1.807) is 7.11 Å². The van der Waals surface area contributed by atoms with Gasteiger partial charge in [-0.3, -0.25) is 0 Å². The average molecular weight is 277 g/mol. The minimum absolute atomic E-state index is 0.329. The third kappa shape index (κ3) is 3.45. The lowest BCUT2D eigenvalue weighted by Gasteiger charge is -2.32. The van der Waals surface area contributed by atoms with Gasteiger partial charge in [-0.1, -0.05) is 27.7 Å². The second kappa shape index (κ2) is 6.04. The molecule has 3 nitrogen and oxygen atoms in total. The van der Waals surface area contributed by atoms with E-state index in [1.165, 1.54) is 5.56 Å². The monoisotopic (exact) mass is 277 g/mol. The number of nitrogens with one attached hydrogen (secondary N) is 1. The molecule has 112 valence electrons. The third-order valence-corrected chi connectivity index (χ3v) is 4.41. The molecule has 0 amide bonds. The lowest BCUT2D eigenvalue weighted by molar-refractivity contribution is 0.218. The van der Waals surface area contributed by atoms with E-state index in [9.17, 15) is 0 Å². The van der Waals surface area contributed by atoms with Gasteiger partial charge < -0.3 is 14.8 Å². The van der Waals surface area contributed by atoms with Crippen molar-refractivity contribution in [3.8, 4) is 11.5 Å². The summed E-state index contributed by atoms with van der Waals surface area (Å²) >= 11 is 0. The van der Waals surface area contributed by atoms with Crippen molar-refractivity contribution in [1.29, 1.82) is 0 Å². The van der Waals surface area contributed by atoms with Crippen molar-refractivity contribution < 1.29 is 9.47 Å². The molecule has 0 radical (unpaired) electrons. The van der Waals surface area contributed by atoms with Gasteiger partial charge >= 0.3 is 0 Å². The van der Waals surface area contributed by atoms with Crippen LogP contribution < -0.4 is 14.8 Å². The summed E-state index contributed by atoms with van der Waals surface area (Å²) in [7, 11) is 1.70. The van der Waals surface area contributed by atoms with Crippen LogP contribution in [0.3, 0.4) is 0 Å². The van der Waals surface area contributed by atoms with Gasteiger partial charge in [-0.2, -0.15) is 0 Å². The van der Waals surface area contributed by atoms with Crippen LogP contribution >= 0.6 is 0 Å². The SMILES string of the molecule is COc1ccc2c(c1)C(NCC(C)C(C)(C)C)CCO2. The van der Waals surface area contributed by atoms with Crippen molar-refractivity contribution >= 4 is 0 Å². The maximum atomic E-state index is 5.73. The zero-order chi connectivity index (χ0) is 14.8. The molecule has 2 rings (SSSR count). The highest BCUT2D eigenvalue weighted by Crippen LogP contribution is 2.35. The van der Waals surface area contributed by atoms with E-state index >= 15 is 0 Å². The minimum Gasteiger partial charge on any atom is -0.497 e. The molecule has 1 heterocycles. The smallest absolute Gasteiger partial charge is 0.124 e. The summed E-state index contributed by atoms with van der Waals surface area (Å²) < 4.78 is 11.1. The van der Waals surface area contributed by atoms with E-state index in [4.69, 9.17) is 9.47 Å². The van der Waals surface area contributed by atoms with Crippen molar-refractivity contribution in [2.24, 2.45) is 11.3 Å². The maximum Gasteiger partial charge on any atom is 0.124 e. The van der Waals surface area contributed by atoms with Gasteiger partial charge in [-0.25, -0.2) is 0 Å². The van der Waals surface area contributed by atoms with E-state index in [2.05, 4.69) is 39.1 Å². The highest BCUT2D eigenvalue weighted by molar-refractivity contribution is 5.43. The molecule has 1 N–H and O–H groups in total. The Balaban J connectivity index is 2.08. The molecule has 0 aliphatic carbocycles. The van der Waals surface area contributed by atoms with Gasteiger partial charge in [0.05, 0.1) is 13.7 Å². The third-order valence-electron chi connectivity index (χ3n) is 4.41. The van der Waals surface area contributed by atoms with Crippen LogP contribution in [0.1, 0.15) is 45.7 Å². The van der Waals surface area contributed by atoms with E-state index < -0.39 is 0 Å². The number of fused-ring (bicyclic) bond motifs is 1. The van der Waals surface area contributed by atoms with Crippen molar-refractivity contribution in [2.75, 3.05) is 20.3 Å². The molecule has 0 fully saturated rings. The fraction of sp³-hybridized carbons (Fsp3) is 0.647. The zero-order valence-electron chi connectivity index (χ0n) is 13.3. The zero-order valence-corrected chi connectivity index (χ0v) is 13.3. The Morgan fingerprint density at radius 2 is 2.15 bits per heavy atom. The van der Waals surface area contributed by atoms with Gasteiger partial charge in [0.15, 0.2) is 0 Å².